The fourth-order valence-electron chi connectivity index (χ4n) is 1.66. The third-order valence-electron chi connectivity index (χ3n) is 2.63. The first-order chi connectivity index (χ1) is 7.24. The summed E-state index contributed by atoms with van der Waals surface area (Å²) in [4.78, 5) is 14.5. The fourth-order valence-corrected chi connectivity index (χ4v) is 2.00. The van der Waals surface area contributed by atoms with Crippen LogP contribution in [0.1, 0.15) is 32.6 Å². The molecule has 0 aromatic carbocycles. The van der Waals surface area contributed by atoms with Crippen LogP contribution in [0.5, 0.6) is 0 Å². The average molecular weight is 228 g/mol. The van der Waals surface area contributed by atoms with Gasteiger partial charge in [0.15, 0.2) is 0 Å². The molecule has 1 heterocycles. The quantitative estimate of drug-likeness (QED) is 0.720. The van der Waals surface area contributed by atoms with E-state index in [1.807, 2.05) is 0 Å². The van der Waals surface area contributed by atoms with Gasteiger partial charge in [0.2, 0.25) is 0 Å². The van der Waals surface area contributed by atoms with Crippen LogP contribution in [0, 0.1) is 0 Å². The van der Waals surface area contributed by atoms with Gasteiger partial charge in [0.1, 0.15) is 5.78 Å². The van der Waals surface area contributed by atoms with E-state index in [4.69, 9.17) is 12.2 Å². The Bertz CT molecular complexity index is 225. The lowest BCUT2D eigenvalue weighted by atomic mass is 10.1. The molecule has 0 aromatic heterocycles. The van der Waals surface area contributed by atoms with Gasteiger partial charge >= 0.3 is 0 Å². The van der Waals surface area contributed by atoms with Crippen molar-refractivity contribution in [2.75, 3.05) is 26.2 Å². The summed E-state index contributed by atoms with van der Waals surface area (Å²) >= 11 is 5.28. The SMILES string of the molecule is CCCCC(=O)CC(=S)N1CCNCC1. The van der Waals surface area contributed by atoms with Crippen molar-refractivity contribution in [2.45, 2.75) is 32.6 Å². The monoisotopic (exact) mass is 228 g/mol. The molecule has 0 saturated carbocycles. The number of rotatable bonds is 5. The number of carbonyl (C=O) groups is 1. The van der Waals surface area contributed by atoms with Gasteiger partial charge in [-0.2, -0.15) is 0 Å². The molecule has 1 aliphatic rings. The van der Waals surface area contributed by atoms with Crippen LogP contribution in [0.25, 0.3) is 0 Å². The molecule has 0 spiro atoms. The molecule has 1 fully saturated rings. The van der Waals surface area contributed by atoms with Gasteiger partial charge < -0.3 is 10.2 Å². The maximum absolute atomic E-state index is 11.5. The molecule has 15 heavy (non-hydrogen) atoms. The summed E-state index contributed by atoms with van der Waals surface area (Å²) in [6.07, 6.45) is 3.22. The standard InChI is InChI=1S/C11H20N2OS/c1-2-3-4-10(14)9-11(15)13-7-5-12-6-8-13/h12H,2-9H2,1H3. The van der Waals surface area contributed by atoms with E-state index in [0.717, 1.165) is 44.0 Å². The Kier molecular flexibility index (Phi) is 5.79. The maximum atomic E-state index is 11.5. The first-order valence-electron chi connectivity index (χ1n) is 5.74. The van der Waals surface area contributed by atoms with Crippen molar-refractivity contribution in [3.8, 4) is 0 Å². The summed E-state index contributed by atoms with van der Waals surface area (Å²) in [6.45, 7) is 5.94. The number of ketones is 1. The minimum atomic E-state index is 0.292. The van der Waals surface area contributed by atoms with Crippen molar-refractivity contribution >= 4 is 23.0 Å². The van der Waals surface area contributed by atoms with E-state index in [9.17, 15) is 4.79 Å². The van der Waals surface area contributed by atoms with Gasteiger partial charge in [-0.05, 0) is 6.42 Å². The third kappa shape index (κ3) is 4.71. The Hall–Kier alpha value is -0.480. The van der Waals surface area contributed by atoms with Crippen LogP contribution in [0.15, 0.2) is 0 Å². The highest BCUT2D eigenvalue weighted by molar-refractivity contribution is 7.80. The van der Waals surface area contributed by atoms with Crippen molar-refractivity contribution in [1.29, 1.82) is 0 Å². The zero-order valence-corrected chi connectivity index (χ0v) is 10.2. The maximum Gasteiger partial charge on any atom is 0.139 e. The average Bonchev–Trinajstić information content (AvgIpc) is 2.27. The van der Waals surface area contributed by atoms with Crippen molar-refractivity contribution in [3.63, 3.8) is 0 Å². The van der Waals surface area contributed by atoms with Gasteiger partial charge in [-0.15, -0.1) is 0 Å². The zero-order chi connectivity index (χ0) is 11.1. The second kappa shape index (κ2) is 6.90. The molecule has 0 unspecified atom stereocenters. The largest absolute Gasteiger partial charge is 0.363 e. The highest BCUT2D eigenvalue weighted by Gasteiger charge is 2.15. The van der Waals surface area contributed by atoms with Crippen molar-refractivity contribution in [2.24, 2.45) is 0 Å². The van der Waals surface area contributed by atoms with Crippen molar-refractivity contribution in [1.82, 2.24) is 10.2 Å². The van der Waals surface area contributed by atoms with Crippen LogP contribution in [0.4, 0.5) is 0 Å². The Morgan fingerprint density at radius 2 is 2.07 bits per heavy atom. The molecule has 1 saturated heterocycles. The molecule has 3 nitrogen and oxygen atoms in total. The van der Waals surface area contributed by atoms with Crippen molar-refractivity contribution < 1.29 is 4.79 Å². The lowest BCUT2D eigenvalue weighted by molar-refractivity contribution is -0.118. The third-order valence-corrected chi connectivity index (χ3v) is 3.03. The smallest absolute Gasteiger partial charge is 0.139 e. The molecule has 0 bridgehead atoms. The molecule has 1 aliphatic heterocycles. The highest BCUT2D eigenvalue weighted by Crippen LogP contribution is 2.04. The Balaban J connectivity index is 2.24. The highest BCUT2D eigenvalue weighted by atomic mass is 32.1. The van der Waals surface area contributed by atoms with E-state index in [1.165, 1.54) is 0 Å². The molecule has 0 radical (unpaired) electrons. The first-order valence-corrected chi connectivity index (χ1v) is 6.15. The number of Topliss-reactive ketones (excluding diaryl/α,β-unsaturated/α-hetero) is 1. The number of hydrogen-bond acceptors (Lipinski definition) is 3. The van der Waals surface area contributed by atoms with E-state index in [-0.39, 0.29) is 0 Å². The van der Waals surface area contributed by atoms with Gasteiger partial charge in [-0.1, -0.05) is 25.6 Å². The van der Waals surface area contributed by atoms with Crippen LogP contribution in [0.3, 0.4) is 0 Å². The zero-order valence-electron chi connectivity index (χ0n) is 9.42. The van der Waals surface area contributed by atoms with Gasteiger partial charge in [0.25, 0.3) is 0 Å². The van der Waals surface area contributed by atoms with E-state index in [0.29, 0.717) is 18.6 Å². The molecular weight excluding hydrogens is 208 g/mol. The molecule has 0 aromatic rings. The van der Waals surface area contributed by atoms with Crippen LogP contribution in [-0.2, 0) is 4.79 Å². The fraction of sp³-hybridized carbons (Fsp3) is 0.818. The number of piperazine rings is 1. The van der Waals surface area contributed by atoms with Gasteiger partial charge in [-0.3, -0.25) is 4.79 Å². The Morgan fingerprint density at radius 3 is 2.67 bits per heavy atom. The van der Waals surface area contributed by atoms with Gasteiger partial charge in [-0.25, -0.2) is 0 Å². The molecule has 0 aliphatic carbocycles. The molecule has 4 heteroatoms. The number of nitrogens with zero attached hydrogens (tertiary/aromatic N) is 1. The van der Waals surface area contributed by atoms with Crippen LogP contribution in [0.2, 0.25) is 0 Å². The number of unbranched alkanes of at least 4 members (excludes halogenated alkanes) is 1. The number of hydrogen-bond donors (Lipinski definition) is 1. The molecule has 1 N–H and O–H groups in total. The molecule has 0 amide bonds. The minimum Gasteiger partial charge on any atom is -0.363 e. The van der Waals surface area contributed by atoms with Crippen molar-refractivity contribution in [3.05, 3.63) is 0 Å². The number of thiocarbonyl (C=S) groups is 1. The predicted octanol–water partition coefficient (Wildman–Crippen LogP) is 1.37. The Morgan fingerprint density at radius 1 is 1.40 bits per heavy atom. The minimum absolute atomic E-state index is 0.292. The van der Waals surface area contributed by atoms with Crippen LogP contribution in [-0.4, -0.2) is 41.9 Å². The lowest BCUT2D eigenvalue weighted by Gasteiger charge is -2.29. The summed E-state index contributed by atoms with van der Waals surface area (Å²) < 4.78 is 0. The predicted molar refractivity (Wildman–Crippen MR) is 66.2 cm³/mol. The van der Waals surface area contributed by atoms with Gasteiger partial charge in [0.05, 0.1) is 11.4 Å². The van der Waals surface area contributed by atoms with E-state index in [2.05, 4.69) is 17.1 Å². The molecular formula is C11H20N2OS. The summed E-state index contributed by atoms with van der Waals surface area (Å²) in [7, 11) is 0. The summed E-state index contributed by atoms with van der Waals surface area (Å²) in [6, 6.07) is 0. The molecule has 1 rings (SSSR count). The lowest BCUT2D eigenvalue weighted by Crippen LogP contribution is -2.46. The van der Waals surface area contributed by atoms with E-state index < -0.39 is 0 Å². The summed E-state index contributed by atoms with van der Waals surface area (Å²) in [5.41, 5.74) is 0. The topological polar surface area (TPSA) is 32.3 Å². The second-order valence-electron chi connectivity index (χ2n) is 3.95. The summed E-state index contributed by atoms with van der Waals surface area (Å²) in [5, 5.41) is 3.27. The normalized spacial score (nSPS) is 16.5. The van der Waals surface area contributed by atoms with Gasteiger partial charge in [0, 0.05) is 32.6 Å². The molecule has 0 atom stereocenters. The van der Waals surface area contributed by atoms with Crippen LogP contribution >= 0.6 is 12.2 Å². The first kappa shape index (κ1) is 12.6. The van der Waals surface area contributed by atoms with Crippen LogP contribution < -0.4 is 5.32 Å². The number of nitrogens with one attached hydrogen (secondary N) is 1. The number of carbonyl (C=O) groups excluding carboxylic acids is 1. The molecule has 86 valence electrons. The van der Waals surface area contributed by atoms with E-state index >= 15 is 0 Å². The van der Waals surface area contributed by atoms with E-state index in [1.54, 1.807) is 0 Å². The summed E-state index contributed by atoms with van der Waals surface area (Å²) in [5.74, 6) is 0.292. The second-order valence-corrected chi connectivity index (χ2v) is 4.42. The Labute approximate surface area is 97.2 Å².